The van der Waals surface area contributed by atoms with Gasteiger partial charge >= 0.3 is 0 Å². The van der Waals surface area contributed by atoms with Crippen molar-refractivity contribution in [3.8, 4) is 0 Å². The number of aromatic nitrogens is 2. The minimum Gasteiger partial charge on any atom is -0.342 e. The number of imidazole rings is 1. The highest BCUT2D eigenvalue weighted by Crippen LogP contribution is 2.24. The van der Waals surface area contributed by atoms with Gasteiger partial charge in [0.1, 0.15) is 0 Å². The van der Waals surface area contributed by atoms with E-state index in [4.69, 9.17) is 11.6 Å². The predicted molar refractivity (Wildman–Crippen MR) is 89.3 cm³/mol. The van der Waals surface area contributed by atoms with Gasteiger partial charge in [-0.1, -0.05) is 11.6 Å². The number of likely N-dealkylation sites (tertiary alicyclic amines) is 1. The van der Waals surface area contributed by atoms with Gasteiger partial charge in [0.05, 0.1) is 12.1 Å². The van der Waals surface area contributed by atoms with Gasteiger partial charge in [0.25, 0.3) is 0 Å². The number of hydrogen-bond donors (Lipinski definition) is 0. The van der Waals surface area contributed by atoms with E-state index < -0.39 is 0 Å². The first-order valence-electron chi connectivity index (χ1n) is 7.36. The second kappa shape index (κ2) is 7.20. The van der Waals surface area contributed by atoms with Crippen LogP contribution in [0.2, 0.25) is 5.02 Å². The van der Waals surface area contributed by atoms with Crippen molar-refractivity contribution >= 4 is 29.3 Å². The number of carbonyl (C=O) groups is 1. The summed E-state index contributed by atoms with van der Waals surface area (Å²) in [4.78, 5) is 19.4. The number of piperidine rings is 1. The van der Waals surface area contributed by atoms with E-state index in [9.17, 15) is 4.79 Å². The standard InChI is InChI=1S/C16H18ClN3OS/c17-13-1-3-15(4-2-13)22-11-16(21)19-8-5-14(6-9-19)20-10-7-18-12-20/h1-4,7,10,12,14H,5-6,8-9,11H2. The summed E-state index contributed by atoms with van der Waals surface area (Å²) < 4.78 is 2.14. The van der Waals surface area contributed by atoms with E-state index >= 15 is 0 Å². The molecule has 2 heterocycles. The zero-order valence-corrected chi connectivity index (χ0v) is 13.8. The Balaban J connectivity index is 1.46. The van der Waals surface area contributed by atoms with Crippen molar-refractivity contribution in [1.82, 2.24) is 14.5 Å². The van der Waals surface area contributed by atoms with Crippen LogP contribution in [0, 0.1) is 0 Å². The molecule has 1 saturated heterocycles. The molecule has 4 nitrogen and oxygen atoms in total. The molecule has 0 N–H and O–H groups in total. The number of benzene rings is 1. The van der Waals surface area contributed by atoms with Crippen LogP contribution in [-0.2, 0) is 4.79 Å². The maximum atomic E-state index is 12.3. The molecule has 0 spiro atoms. The maximum absolute atomic E-state index is 12.3. The SMILES string of the molecule is O=C(CSc1ccc(Cl)cc1)N1CCC(n2ccnc2)CC1. The first-order chi connectivity index (χ1) is 10.7. The molecule has 0 saturated carbocycles. The molecule has 1 aromatic carbocycles. The third kappa shape index (κ3) is 3.84. The number of nitrogens with zero attached hydrogens (tertiary/aromatic N) is 3. The smallest absolute Gasteiger partial charge is 0.232 e. The Labute approximate surface area is 139 Å². The fourth-order valence-corrected chi connectivity index (χ4v) is 3.59. The molecule has 1 aromatic heterocycles. The first-order valence-corrected chi connectivity index (χ1v) is 8.72. The zero-order valence-electron chi connectivity index (χ0n) is 12.2. The van der Waals surface area contributed by atoms with Gasteiger partial charge in [-0.15, -0.1) is 11.8 Å². The van der Waals surface area contributed by atoms with Crippen molar-refractivity contribution in [2.45, 2.75) is 23.8 Å². The summed E-state index contributed by atoms with van der Waals surface area (Å²) in [6, 6.07) is 8.07. The van der Waals surface area contributed by atoms with Crippen LogP contribution in [-0.4, -0.2) is 39.2 Å². The van der Waals surface area contributed by atoms with Gasteiger partial charge < -0.3 is 9.47 Å². The molecular formula is C16H18ClN3OS. The summed E-state index contributed by atoms with van der Waals surface area (Å²) in [7, 11) is 0. The molecule has 116 valence electrons. The van der Waals surface area contributed by atoms with E-state index in [0.717, 1.165) is 35.8 Å². The van der Waals surface area contributed by atoms with Crippen LogP contribution in [0.25, 0.3) is 0 Å². The van der Waals surface area contributed by atoms with Crippen LogP contribution >= 0.6 is 23.4 Å². The van der Waals surface area contributed by atoms with Gasteiger partial charge in [0.2, 0.25) is 5.91 Å². The average Bonchev–Trinajstić information content (AvgIpc) is 3.09. The van der Waals surface area contributed by atoms with E-state index in [2.05, 4.69) is 9.55 Å². The molecule has 0 bridgehead atoms. The Bertz CT molecular complexity index is 607. The highest BCUT2D eigenvalue weighted by Gasteiger charge is 2.23. The molecule has 22 heavy (non-hydrogen) atoms. The fraction of sp³-hybridized carbons (Fsp3) is 0.375. The van der Waals surface area contributed by atoms with E-state index in [-0.39, 0.29) is 5.91 Å². The van der Waals surface area contributed by atoms with Crippen LogP contribution in [0.5, 0.6) is 0 Å². The van der Waals surface area contributed by atoms with Crippen molar-refractivity contribution < 1.29 is 4.79 Å². The molecule has 1 amide bonds. The largest absolute Gasteiger partial charge is 0.342 e. The second-order valence-electron chi connectivity index (χ2n) is 5.36. The number of amides is 1. The highest BCUT2D eigenvalue weighted by atomic mass is 35.5. The van der Waals surface area contributed by atoms with Crippen LogP contribution in [0.1, 0.15) is 18.9 Å². The minimum absolute atomic E-state index is 0.212. The molecule has 0 atom stereocenters. The van der Waals surface area contributed by atoms with Crippen LogP contribution < -0.4 is 0 Å². The van der Waals surface area contributed by atoms with Crippen molar-refractivity contribution in [3.05, 3.63) is 48.0 Å². The first kappa shape index (κ1) is 15.4. The molecule has 0 unspecified atom stereocenters. The molecule has 1 aliphatic rings. The maximum Gasteiger partial charge on any atom is 0.232 e. The van der Waals surface area contributed by atoms with Crippen LogP contribution in [0.3, 0.4) is 0 Å². The highest BCUT2D eigenvalue weighted by molar-refractivity contribution is 8.00. The monoisotopic (exact) mass is 335 g/mol. The molecule has 0 radical (unpaired) electrons. The normalized spacial score (nSPS) is 16.0. The fourth-order valence-electron chi connectivity index (χ4n) is 2.67. The third-order valence-corrected chi connectivity index (χ3v) is 5.19. The van der Waals surface area contributed by atoms with Gasteiger partial charge in [0, 0.05) is 41.4 Å². The molecule has 3 rings (SSSR count). The van der Waals surface area contributed by atoms with Gasteiger partial charge in [-0.05, 0) is 37.1 Å². The van der Waals surface area contributed by atoms with Gasteiger partial charge in [-0.2, -0.15) is 0 Å². The Morgan fingerprint density at radius 3 is 2.64 bits per heavy atom. The lowest BCUT2D eigenvalue weighted by Crippen LogP contribution is -2.39. The van der Waals surface area contributed by atoms with Crippen LogP contribution in [0.4, 0.5) is 0 Å². The molecule has 1 aliphatic heterocycles. The Morgan fingerprint density at radius 2 is 2.00 bits per heavy atom. The third-order valence-electron chi connectivity index (χ3n) is 3.94. The summed E-state index contributed by atoms with van der Waals surface area (Å²) in [5, 5.41) is 0.720. The van der Waals surface area contributed by atoms with Gasteiger partial charge in [0.15, 0.2) is 0 Å². The summed E-state index contributed by atoms with van der Waals surface area (Å²) in [6.07, 6.45) is 7.65. The topological polar surface area (TPSA) is 38.1 Å². The molecule has 2 aromatic rings. The average molecular weight is 336 g/mol. The van der Waals surface area contributed by atoms with E-state index in [1.54, 1.807) is 18.0 Å². The number of thioether (sulfide) groups is 1. The predicted octanol–water partition coefficient (Wildman–Crippen LogP) is 3.49. The number of hydrogen-bond acceptors (Lipinski definition) is 3. The molecular weight excluding hydrogens is 318 g/mol. The van der Waals surface area contributed by atoms with Crippen molar-refractivity contribution in [2.24, 2.45) is 0 Å². The van der Waals surface area contributed by atoms with E-state index in [1.165, 1.54) is 0 Å². The van der Waals surface area contributed by atoms with Gasteiger partial charge in [-0.25, -0.2) is 4.98 Å². The Kier molecular flexibility index (Phi) is 5.05. The quantitative estimate of drug-likeness (QED) is 0.803. The van der Waals surface area contributed by atoms with Crippen molar-refractivity contribution in [1.29, 1.82) is 0 Å². The second-order valence-corrected chi connectivity index (χ2v) is 6.85. The minimum atomic E-state index is 0.212. The van der Waals surface area contributed by atoms with E-state index in [1.807, 2.05) is 41.7 Å². The Morgan fingerprint density at radius 1 is 1.27 bits per heavy atom. The van der Waals surface area contributed by atoms with Crippen molar-refractivity contribution in [2.75, 3.05) is 18.8 Å². The lowest BCUT2D eigenvalue weighted by molar-refractivity contribution is -0.129. The van der Waals surface area contributed by atoms with E-state index in [0.29, 0.717) is 11.8 Å². The summed E-state index contributed by atoms with van der Waals surface area (Å²) in [6.45, 7) is 1.64. The molecule has 0 aliphatic carbocycles. The summed E-state index contributed by atoms with van der Waals surface area (Å²) >= 11 is 7.43. The summed E-state index contributed by atoms with van der Waals surface area (Å²) in [5.41, 5.74) is 0. The Hall–Kier alpha value is -1.46. The summed E-state index contributed by atoms with van der Waals surface area (Å²) in [5.74, 6) is 0.696. The zero-order chi connectivity index (χ0) is 15.4. The molecule has 1 fully saturated rings. The van der Waals surface area contributed by atoms with Crippen molar-refractivity contribution in [3.63, 3.8) is 0 Å². The lowest BCUT2D eigenvalue weighted by atomic mass is 10.1. The number of rotatable bonds is 4. The lowest BCUT2D eigenvalue weighted by Gasteiger charge is -2.32. The number of halogens is 1. The molecule has 6 heteroatoms. The van der Waals surface area contributed by atoms with Gasteiger partial charge in [-0.3, -0.25) is 4.79 Å². The van der Waals surface area contributed by atoms with Crippen LogP contribution in [0.15, 0.2) is 47.9 Å². The number of carbonyl (C=O) groups excluding carboxylic acids is 1.